The lowest BCUT2D eigenvalue weighted by molar-refractivity contribution is 0.0699. The summed E-state index contributed by atoms with van der Waals surface area (Å²) in [5, 5.41) is 14.7. The Morgan fingerprint density at radius 3 is 2.26 bits per heavy atom. The number of nitrogens with zero attached hydrogens (tertiary/aromatic N) is 2. The van der Waals surface area contributed by atoms with Crippen LogP contribution >= 0.6 is 0 Å². The minimum Gasteiger partial charge on any atom is -0.478 e. The third-order valence-electron chi connectivity index (χ3n) is 5.90. The molecule has 0 saturated heterocycles. The molecule has 3 aromatic heterocycles. The standard InChI is InChI=1S/C29H18N2O4/c32-29(33)22-17-24(30-23-10-5-4-9-21(22)23)18-12-14-19(15-13-18)26-27(25-11-6-16-34-25)31-35-28(26)20-7-2-1-3-8-20/h1-17H,(H,32,33). The predicted molar refractivity (Wildman–Crippen MR) is 133 cm³/mol. The minimum absolute atomic E-state index is 0.222. The molecule has 0 saturated carbocycles. The van der Waals surface area contributed by atoms with E-state index in [4.69, 9.17) is 13.9 Å². The number of para-hydroxylation sites is 1. The summed E-state index contributed by atoms with van der Waals surface area (Å²) in [6.07, 6.45) is 1.60. The van der Waals surface area contributed by atoms with Gasteiger partial charge in [-0.15, -0.1) is 0 Å². The van der Waals surface area contributed by atoms with E-state index in [1.807, 2.05) is 84.9 Å². The number of pyridine rings is 1. The van der Waals surface area contributed by atoms with Gasteiger partial charge in [0.1, 0.15) is 0 Å². The molecule has 6 nitrogen and oxygen atoms in total. The SMILES string of the molecule is O=C(O)c1cc(-c2ccc(-c3c(-c4ccco4)noc3-c3ccccc3)cc2)nc2ccccc12. The molecule has 0 bridgehead atoms. The van der Waals surface area contributed by atoms with Crippen LogP contribution in [0.3, 0.4) is 0 Å². The summed E-state index contributed by atoms with van der Waals surface area (Å²) in [4.78, 5) is 16.6. The van der Waals surface area contributed by atoms with Gasteiger partial charge in [-0.1, -0.05) is 78.0 Å². The van der Waals surface area contributed by atoms with Crippen molar-refractivity contribution in [1.82, 2.24) is 10.1 Å². The Morgan fingerprint density at radius 1 is 0.771 bits per heavy atom. The molecular formula is C29H18N2O4. The van der Waals surface area contributed by atoms with Gasteiger partial charge >= 0.3 is 5.97 Å². The molecule has 0 aliphatic heterocycles. The second-order valence-electron chi connectivity index (χ2n) is 8.03. The number of hydrogen-bond acceptors (Lipinski definition) is 5. The first-order valence-corrected chi connectivity index (χ1v) is 11.0. The van der Waals surface area contributed by atoms with Crippen LogP contribution in [0, 0.1) is 0 Å². The van der Waals surface area contributed by atoms with Crippen molar-refractivity contribution in [3.63, 3.8) is 0 Å². The van der Waals surface area contributed by atoms with E-state index in [9.17, 15) is 9.90 Å². The van der Waals surface area contributed by atoms with Crippen molar-refractivity contribution in [3.8, 4) is 45.2 Å². The fourth-order valence-electron chi connectivity index (χ4n) is 4.23. The summed E-state index contributed by atoms with van der Waals surface area (Å²) >= 11 is 0. The van der Waals surface area contributed by atoms with Crippen LogP contribution in [0.25, 0.3) is 56.1 Å². The van der Waals surface area contributed by atoms with Crippen molar-refractivity contribution in [2.45, 2.75) is 0 Å². The van der Waals surface area contributed by atoms with E-state index in [0.717, 1.165) is 22.3 Å². The smallest absolute Gasteiger partial charge is 0.336 e. The monoisotopic (exact) mass is 458 g/mol. The fraction of sp³-hybridized carbons (Fsp3) is 0. The molecule has 0 atom stereocenters. The second-order valence-corrected chi connectivity index (χ2v) is 8.03. The number of carboxylic acids is 1. The van der Waals surface area contributed by atoms with Gasteiger partial charge in [-0.25, -0.2) is 9.78 Å². The normalized spacial score (nSPS) is 11.1. The lowest BCUT2D eigenvalue weighted by Gasteiger charge is -2.09. The summed E-state index contributed by atoms with van der Waals surface area (Å²) in [5.74, 6) is 0.264. The van der Waals surface area contributed by atoms with Gasteiger partial charge < -0.3 is 14.0 Å². The van der Waals surface area contributed by atoms with Crippen LogP contribution in [0.4, 0.5) is 0 Å². The Morgan fingerprint density at radius 2 is 1.51 bits per heavy atom. The van der Waals surface area contributed by atoms with Crippen molar-refractivity contribution in [3.05, 3.63) is 109 Å². The van der Waals surface area contributed by atoms with Crippen molar-refractivity contribution in [1.29, 1.82) is 0 Å². The van der Waals surface area contributed by atoms with E-state index >= 15 is 0 Å². The first-order chi connectivity index (χ1) is 17.2. The van der Waals surface area contributed by atoms with Crippen molar-refractivity contribution >= 4 is 16.9 Å². The topological polar surface area (TPSA) is 89.4 Å². The van der Waals surface area contributed by atoms with Gasteiger partial charge in [0.25, 0.3) is 0 Å². The van der Waals surface area contributed by atoms with E-state index in [1.165, 1.54) is 0 Å². The van der Waals surface area contributed by atoms with Crippen LogP contribution in [0.2, 0.25) is 0 Å². The molecule has 0 unspecified atom stereocenters. The number of carboxylic acid groups (broad SMARTS) is 1. The highest BCUT2D eigenvalue weighted by molar-refractivity contribution is 6.03. The molecule has 6 aromatic rings. The number of rotatable bonds is 5. The number of furan rings is 1. The van der Waals surface area contributed by atoms with Crippen LogP contribution < -0.4 is 0 Å². The number of fused-ring (bicyclic) bond motifs is 1. The van der Waals surface area contributed by atoms with Crippen molar-refractivity contribution in [2.24, 2.45) is 0 Å². The number of aromatic nitrogens is 2. The average molecular weight is 458 g/mol. The third kappa shape index (κ3) is 3.67. The molecule has 0 radical (unpaired) electrons. The van der Waals surface area contributed by atoms with Crippen molar-refractivity contribution < 1.29 is 18.8 Å². The Hall–Kier alpha value is -4.97. The molecule has 6 heteroatoms. The number of carbonyl (C=O) groups is 1. The highest BCUT2D eigenvalue weighted by Crippen LogP contribution is 2.40. The maximum Gasteiger partial charge on any atom is 0.336 e. The Labute approximate surface area is 200 Å². The number of aromatic carboxylic acids is 1. The molecule has 0 fully saturated rings. The molecule has 0 spiro atoms. The van der Waals surface area contributed by atoms with E-state index < -0.39 is 5.97 Å². The van der Waals surface area contributed by atoms with Crippen LogP contribution in [0.15, 0.2) is 112 Å². The number of benzene rings is 3. The Balaban J connectivity index is 1.48. The highest BCUT2D eigenvalue weighted by Gasteiger charge is 2.22. The van der Waals surface area contributed by atoms with E-state index in [1.54, 1.807) is 18.4 Å². The van der Waals surface area contributed by atoms with E-state index in [0.29, 0.717) is 33.8 Å². The van der Waals surface area contributed by atoms with Crippen LogP contribution in [-0.2, 0) is 0 Å². The maximum atomic E-state index is 11.9. The summed E-state index contributed by atoms with van der Waals surface area (Å²) in [6, 6.07) is 30.1. The molecule has 0 aliphatic carbocycles. The molecule has 35 heavy (non-hydrogen) atoms. The van der Waals surface area contributed by atoms with E-state index in [2.05, 4.69) is 5.16 Å². The molecule has 6 rings (SSSR count). The zero-order chi connectivity index (χ0) is 23.8. The van der Waals surface area contributed by atoms with Crippen molar-refractivity contribution in [2.75, 3.05) is 0 Å². The minimum atomic E-state index is -0.985. The highest BCUT2D eigenvalue weighted by atomic mass is 16.5. The lowest BCUT2D eigenvalue weighted by Crippen LogP contribution is -2.00. The van der Waals surface area contributed by atoms with Gasteiger partial charge in [-0.2, -0.15) is 0 Å². The van der Waals surface area contributed by atoms with Gasteiger partial charge in [-0.05, 0) is 29.8 Å². The third-order valence-corrected chi connectivity index (χ3v) is 5.90. The first kappa shape index (κ1) is 20.6. The Bertz CT molecular complexity index is 1650. The quantitative estimate of drug-likeness (QED) is 0.294. The zero-order valence-corrected chi connectivity index (χ0v) is 18.4. The largest absolute Gasteiger partial charge is 0.478 e. The maximum absolute atomic E-state index is 11.9. The van der Waals surface area contributed by atoms with Crippen LogP contribution in [-0.4, -0.2) is 21.2 Å². The molecule has 3 aromatic carbocycles. The second kappa shape index (κ2) is 8.43. The summed E-state index contributed by atoms with van der Waals surface area (Å²) in [5.41, 5.74) is 5.47. The number of hydrogen-bond donors (Lipinski definition) is 1. The van der Waals surface area contributed by atoms with E-state index in [-0.39, 0.29) is 5.56 Å². The molecule has 168 valence electrons. The Kier molecular flexibility index (Phi) is 4.96. The molecule has 3 heterocycles. The van der Waals surface area contributed by atoms with Crippen LogP contribution in [0.1, 0.15) is 10.4 Å². The molecule has 1 N–H and O–H groups in total. The fourth-order valence-corrected chi connectivity index (χ4v) is 4.23. The van der Waals surface area contributed by atoms with Gasteiger partial charge in [0.15, 0.2) is 17.2 Å². The zero-order valence-electron chi connectivity index (χ0n) is 18.4. The summed E-state index contributed by atoms with van der Waals surface area (Å²) in [6.45, 7) is 0. The van der Waals surface area contributed by atoms with Gasteiger partial charge in [0.05, 0.1) is 28.6 Å². The van der Waals surface area contributed by atoms with Gasteiger partial charge in [0.2, 0.25) is 0 Å². The molecular weight excluding hydrogens is 440 g/mol. The lowest BCUT2D eigenvalue weighted by atomic mass is 9.96. The predicted octanol–water partition coefficient (Wildman–Crippen LogP) is 7.18. The van der Waals surface area contributed by atoms with Gasteiger partial charge in [-0.3, -0.25) is 0 Å². The van der Waals surface area contributed by atoms with Gasteiger partial charge in [0, 0.05) is 16.5 Å². The molecule has 0 amide bonds. The average Bonchev–Trinajstić information content (AvgIpc) is 3.59. The summed E-state index contributed by atoms with van der Waals surface area (Å²) in [7, 11) is 0. The summed E-state index contributed by atoms with van der Waals surface area (Å²) < 4.78 is 11.4. The van der Waals surface area contributed by atoms with Crippen LogP contribution in [0.5, 0.6) is 0 Å². The molecule has 0 aliphatic rings. The first-order valence-electron chi connectivity index (χ1n) is 11.0.